The normalized spacial score (nSPS) is 14.6. The van der Waals surface area contributed by atoms with E-state index < -0.39 is 0 Å². The Morgan fingerprint density at radius 2 is 1.97 bits per heavy atom. The van der Waals surface area contributed by atoms with Gasteiger partial charge in [0.25, 0.3) is 0 Å². The second-order valence-corrected chi connectivity index (χ2v) is 7.86. The summed E-state index contributed by atoms with van der Waals surface area (Å²) < 4.78 is 5.39. The van der Waals surface area contributed by atoms with Crippen molar-refractivity contribution in [2.75, 3.05) is 31.6 Å². The zero-order chi connectivity index (χ0) is 20.1. The van der Waals surface area contributed by atoms with Crippen LogP contribution in [0.2, 0.25) is 0 Å². The van der Waals surface area contributed by atoms with Gasteiger partial charge in [0.1, 0.15) is 10.8 Å². The molecule has 150 valence electrons. The summed E-state index contributed by atoms with van der Waals surface area (Å²) in [5.74, 6) is -0.0379. The number of thiazole rings is 1. The first kappa shape index (κ1) is 19.6. The smallest absolute Gasteiger partial charge is 0.230 e. The van der Waals surface area contributed by atoms with Crippen LogP contribution in [0.1, 0.15) is 11.3 Å². The van der Waals surface area contributed by atoms with Crippen LogP contribution in [0.5, 0.6) is 5.75 Å². The first-order chi connectivity index (χ1) is 14.2. The Bertz CT molecular complexity index is 965. The number of aromatic hydroxyl groups is 1. The summed E-state index contributed by atoms with van der Waals surface area (Å²) in [7, 11) is 0. The number of benzene rings is 2. The Balaban J connectivity index is 1.35. The summed E-state index contributed by atoms with van der Waals surface area (Å²) >= 11 is 1.54. The second-order valence-electron chi connectivity index (χ2n) is 7.00. The maximum Gasteiger partial charge on any atom is 0.230 e. The molecule has 1 fully saturated rings. The summed E-state index contributed by atoms with van der Waals surface area (Å²) in [5, 5.41) is 15.1. The molecule has 2 heterocycles. The van der Waals surface area contributed by atoms with E-state index in [9.17, 15) is 9.90 Å². The topological polar surface area (TPSA) is 74.7 Å². The van der Waals surface area contributed by atoms with Crippen molar-refractivity contribution in [1.29, 1.82) is 0 Å². The highest BCUT2D eigenvalue weighted by Gasteiger charge is 2.12. The minimum atomic E-state index is -0.159. The van der Waals surface area contributed by atoms with E-state index in [-0.39, 0.29) is 18.1 Å². The summed E-state index contributed by atoms with van der Waals surface area (Å²) in [4.78, 5) is 19.2. The number of hydrogen-bond donors (Lipinski definition) is 2. The fourth-order valence-electron chi connectivity index (χ4n) is 3.24. The van der Waals surface area contributed by atoms with Crippen molar-refractivity contribution >= 4 is 22.9 Å². The lowest BCUT2D eigenvalue weighted by atomic mass is 10.1. The molecule has 0 aliphatic carbocycles. The van der Waals surface area contributed by atoms with E-state index in [1.54, 1.807) is 18.2 Å². The predicted molar refractivity (Wildman–Crippen MR) is 114 cm³/mol. The van der Waals surface area contributed by atoms with Crippen molar-refractivity contribution in [2.24, 2.45) is 0 Å². The minimum Gasteiger partial charge on any atom is -0.508 e. The molecule has 1 aliphatic rings. The third kappa shape index (κ3) is 5.41. The zero-order valence-corrected chi connectivity index (χ0v) is 16.8. The molecule has 0 atom stereocenters. The van der Waals surface area contributed by atoms with Crippen LogP contribution in [0, 0.1) is 0 Å². The van der Waals surface area contributed by atoms with Crippen molar-refractivity contribution in [3.63, 3.8) is 0 Å². The number of hydrogen-bond acceptors (Lipinski definition) is 6. The van der Waals surface area contributed by atoms with Gasteiger partial charge in [-0.25, -0.2) is 4.98 Å². The summed E-state index contributed by atoms with van der Waals surface area (Å²) in [6, 6.07) is 15.0. The van der Waals surface area contributed by atoms with E-state index >= 15 is 0 Å². The molecule has 2 aromatic carbocycles. The molecule has 2 N–H and O–H groups in total. The van der Waals surface area contributed by atoms with Gasteiger partial charge in [0.15, 0.2) is 0 Å². The average Bonchev–Trinajstić information content (AvgIpc) is 3.17. The largest absolute Gasteiger partial charge is 0.508 e. The standard InChI is InChI=1S/C22H23N3O3S/c26-20-3-1-2-18(12-20)23-21(27)13-19-15-29-22(24-19)17-6-4-16(5-7-17)14-25-8-10-28-11-9-25/h1-7,12,15,26H,8-11,13-14H2,(H,23,27). The van der Waals surface area contributed by atoms with Crippen LogP contribution in [0.15, 0.2) is 53.9 Å². The number of amides is 1. The lowest BCUT2D eigenvalue weighted by Gasteiger charge is -2.26. The molecule has 3 aromatic rings. The summed E-state index contributed by atoms with van der Waals surface area (Å²) in [6.45, 7) is 4.49. The van der Waals surface area contributed by atoms with Gasteiger partial charge in [0.05, 0.1) is 25.3 Å². The van der Waals surface area contributed by atoms with Crippen molar-refractivity contribution in [1.82, 2.24) is 9.88 Å². The summed E-state index contributed by atoms with van der Waals surface area (Å²) in [6.07, 6.45) is 0.196. The molecule has 6 nitrogen and oxygen atoms in total. The number of nitrogens with one attached hydrogen (secondary N) is 1. The lowest BCUT2D eigenvalue weighted by Crippen LogP contribution is -2.35. The minimum absolute atomic E-state index is 0.121. The molecular formula is C22H23N3O3S. The summed E-state index contributed by atoms with van der Waals surface area (Å²) in [5.41, 5.74) is 3.64. The van der Waals surface area contributed by atoms with E-state index in [2.05, 4.69) is 39.5 Å². The lowest BCUT2D eigenvalue weighted by molar-refractivity contribution is -0.115. The van der Waals surface area contributed by atoms with Crippen molar-refractivity contribution in [3.05, 3.63) is 65.2 Å². The molecule has 1 amide bonds. The number of nitrogens with zero attached hydrogens (tertiary/aromatic N) is 2. The maximum atomic E-state index is 12.2. The zero-order valence-electron chi connectivity index (χ0n) is 16.0. The van der Waals surface area contributed by atoms with Crippen molar-refractivity contribution < 1.29 is 14.6 Å². The van der Waals surface area contributed by atoms with E-state index in [1.807, 2.05) is 5.38 Å². The molecule has 0 unspecified atom stereocenters. The Morgan fingerprint density at radius 3 is 2.72 bits per heavy atom. The van der Waals surface area contributed by atoms with E-state index in [4.69, 9.17) is 4.74 Å². The number of ether oxygens (including phenoxy) is 1. The SMILES string of the molecule is O=C(Cc1csc(-c2ccc(CN3CCOCC3)cc2)n1)Nc1cccc(O)c1. The van der Waals surface area contributed by atoms with Crippen molar-refractivity contribution in [2.45, 2.75) is 13.0 Å². The number of carbonyl (C=O) groups excluding carboxylic acids is 1. The van der Waals surface area contributed by atoms with Gasteiger partial charge < -0.3 is 15.2 Å². The third-order valence-electron chi connectivity index (χ3n) is 4.73. The van der Waals surface area contributed by atoms with Crippen LogP contribution in [-0.4, -0.2) is 47.2 Å². The van der Waals surface area contributed by atoms with Crippen LogP contribution < -0.4 is 5.32 Å². The van der Waals surface area contributed by atoms with Crippen LogP contribution in [0.3, 0.4) is 0 Å². The fourth-order valence-corrected chi connectivity index (χ4v) is 4.07. The van der Waals surface area contributed by atoms with Gasteiger partial charge in [-0.1, -0.05) is 30.3 Å². The molecule has 0 bridgehead atoms. The van der Waals surface area contributed by atoms with Gasteiger partial charge >= 0.3 is 0 Å². The molecule has 1 saturated heterocycles. The molecule has 0 radical (unpaired) electrons. The molecule has 0 spiro atoms. The van der Waals surface area contributed by atoms with Crippen LogP contribution in [0.4, 0.5) is 5.69 Å². The number of phenolic OH excluding ortho intramolecular Hbond substituents is 1. The predicted octanol–water partition coefficient (Wildman–Crippen LogP) is 3.53. The van der Waals surface area contributed by atoms with Crippen LogP contribution >= 0.6 is 11.3 Å². The van der Waals surface area contributed by atoms with Gasteiger partial charge in [0.2, 0.25) is 5.91 Å². The van der Waals surface area contributed by atoms with Gasteiger partial charge in [0, 0.05) is 42.3 Å². The number of phenols is 1. The molecule has 1 aliphatic heterocycles. The van der Waals surface area contributed by atoms with Gasteiger partial charge in [-0.15, -0.1) is 11.3 Å². The monoisotopic (exact) mass is 409 g/mol. The van der Waals surface area contributed by atoms with Crippen LogP contribution in [-0.2, 0) is 22.5 Å². The van der Waals surface area contributed by atoms with Gasteiger partial charge in [-0.2, -0.15) is 0 Å². The quantitative estimate of drug-likeness (QED) is 0.652. The highest BCUT2D eigenvalue weighted by atomic mass is 32.1. The Morgan fingerprint density at radius 1 is 1.17 bits per heavy atom. The first-order valence-corrected chi connectivity index (χ1v) is 10.5. The average molecular weight is 410 g/mol. The van der Waals surface area contributed by atoms with Gasteiger partial charge in [-0.3, -0.25) is 9.69 Å². The number of aromatic nitrogens is 1. The van der Waals surface area contributed by atoms with E-state index in [0.29, 0.717) is 5.69 Å². The Hall–Kier alpha value is -2.74. The second kappa shape index (κ2) is 9.17. The number of morpholine rings is 1. The van der Waals surface area contributed by atoms with Crippen molar-refractivity contribution in [3.8, 4) is 16.3 Å². The highest BCUT2D eigenvalue weighted by Crippen LogP contribution is 2.25. The molecule has 7 heteroatoms. The highest BCUT2D eigenvalue weighted by molar-refractivity contribution is 7.13. The fraction of sp³-hybridized carbons (Fsp3) is 0.273. The Kier molecular flexibility index (Phi) is 6.19. The van der Waals surface area contributed by atoms with E-state index in [0.717, 1.165) is 49.1 Å². The number of anilines is 1. The molecular weight excluding hydrogens is 386 g/mol. The molecule has 1 aromatic heterocycles. The molecule has 29 heavy (non-hydrogen) atoms. The van der Waals surface area contributed by atoms with Gasteiger partial charge in [-0.05, 0) is 17.7 Å². The number of rotatable bonds is 6. The maximum absolute atomic E-state index is 12.2. The van der Waals surface area contributed by atoms with Crippen LogP contribution in [0.25, 0.3) is 10.6 Å². The first-order valence-electron chi connectivity index (χ1n) is 9.58. The van der Waals surface area contributed by atoms with E-state index in [1.165, 1.54) is 23.0 Å². The number of carbonyl (C=O) groups is 1. The third-order valence-corrected chi connectivity index (χ3v) is 5.67. The molecule has 0 saturated carbocycles. The Labute approximate surface area is 173 Å². The molecule has 4 rings (SSSR count).